The zero-order valence-electron chi connectivity index (χ0n) is 12.6. The van der Waals surface area contributed by atoms with Gasteiger partial charge in [0.25, 0.3) is 5.91 Å². The van der Waals surface area contributed by atoms with Crippen molar-refractivity contribution in [2.24, 2.45) is 0 Å². The highest BCUT2D eigenvalue weighted by molar-refractivity contribution is 7.93. The average molecular weight is 330 g/mol. The van der Waals surface area contributed by atoms with Crippen LogP contribution in [0, 0.1) is 0 Å². The second-order valence-electron chi connectivity index (χ2n) is 5.46. The quantitative estimate of drug-likeness (QED) is 0.934. The Morgan fingerprint density at radius 2 is 1.74 bits per heavy atom. The Labute approximate surface area is 136 Å². The molecule has 0 atom stereocenters. The van der Waals surface area contributed by atoms with E-state index >= 15 is 0 Å². The van der Waals surface area contributed by atoms with Crippen molar-refractivity contribution in [1.29, 1.82) is 0 Å². The molecule has 0 bridgehead atoms. The fraction of sp³-hybridized carbons (Fsp3) is 0.235. The van der Waals surface area contributed by atoms with Crippen LogP contribution in [0.4, 0.5) is 5.69 Å². The van der Waals surface area contributed by atoms with E-state index in [-0.39, 0.29) is 11.7 Å². The Morgan fingerprint density at radius 1 is 1.04 bits per heavy atom. The maximum absolute atomic E-state index is 12.1. The molecule has 0 saturated carbocycles. The van der Waals surface area contributed by atoms with E-state index < -0.39 is 10.0 Å². The van der Waals surface area contributed by atoms with Crippen LogP contribution in [0.1, 0.15) is 22.3 Å². The number of carbonyl (C=O) groups excluding carboxylic acids is 1. The second kappa shape index (κ2) is 6.42. The largest absolute Gasteiger partial charge is 0.348 e. The van der Waals surface area contributed by atoms with Gasteiger partial charge in [-0.25, -0.2) is 8.42 Å². The average Bonchev–Trinajstić information content (AvgIpc) is 2.93. The fourth-order valence-corrected chi connectivity index (χ4v) is 4.15. The normalized spacial score (nSPS) is 16.3. The Bertz CT molecular complexity index is 786. The van der Waals surface area contributed by atoms with Crippen LogP contribution in [-0.2, 0) is 16.6 Å². The molecule has 1 aliphatic heterocycles. The van der Waals surface area contributed by atoms with Gasteiger partial charge in [-0.3, -0.25) is 9.10 Å². The second-order valence-corrected chi connectivity index (χ2v) is 7.47. The number of anilines is 1. The molecule has 2 aromatic carbocycles. The number of sulfonamides is 1. The number of nitrogens with one attached hydrogen (secondary N) is 1. The molecule has 0 radical (unpaired) electrons. The number of rotatable bonds is 4. The summed E-state index contributed by atoms with van der Waals surface area (Å²) in [5, 5.41) is 2.85. The minimum atomic E-state index is -3.19. The zero-order valence-corrected chi connectivity index (χ0v) is 13.4. The van der Waals surface area contributed by atoms with Gasteiger partial charge in [-0.2, -0.15) is 0 Å². The Hall–Kier alpha value is -2.34. The minimum absolute atomic E-state index is 0.176. The van der Waals surface area contributed by atoms with Crippen LogP contribution in [-0.4, -0.2) is 26.6 Å². The Morgan fingerprint density at radius 3 is 2.35 bits per heavy atom. The summed E-state index contributed by atoms with van der Waals surface area (Å²) in [5.74, 6) is 0.0106. The van der Waals surface area contributed by atoms with Crippen LogP contribution < -0.4 is 9.62 Å². The molecular formula is C17H18N2O3S. The zero-order chi connectivity index (χ0) is 16.3. The first-order valence-electron chi connectivity index (χ1n) is 7.49. The topological polar surface area (TPSA) is 66.5 Å². The van der Waals surface area contributed by atoms with Gasteiger partial charge in [-0.1, -0.05) is 30.3 Å². The van der Waals surface area contributed by atoms with Crippen LogP contribution in [0.25, 0.3) is 0 Å². The van der Waals surface area contributed by atoms with E-state index in [1.807, 2.05) is 30.3 Å². The summed E-state index contributed by atoms with van der Waals surface area (Å²) in [5.41, 5.74) is 2.16. The van der Waals surface area contributed by atoms with Gasteiger partial charge in [0.15, 0.2) is 0 Å². The first-order valence-corrected chi connectivity index (χ1v) is 9.10. The van der Waals surface area contributed by atoms with Crippen LogP contribution >= 0.6 is 0 Å². The molecule has 23 heavy (non-hydrogen) atoms. The van der Waals surface area contributed by atoms with Crippen LogP contribution in [0.5, 0.6) is 0 Å². The Kier molecular flexibility index (Phi) is 4.34. The summed E-state index contributed by atoms with van der Waals surface area (Å²) in [7, 11) is -3.19. The number of hydrogen-bond acceptors (Lipinski definition) is 3. The molecule has 1 amide bonds. The number of carbonyl (C=O) groups is 1. The summed E-state index contributed by atoms with van der Waals surface area (Å²) >= 11 is 0. The lowest BCUT2D eigenvalue weighted by Crippen LogP contribution is -2.25. The van der Waals surface area contributed by atoms with E-state index in [0.717, 1.165) is 5.56 Å². The van der Waals surface area contributed by atoms with E-state index in [1.54, 1.807) is 24.3 Å². The first kappa shape index (κ1) is 15.6. The lowest BCUT2D eigenvalue weighted by Gasteiger charge is -2.17. The maximum atomic E-state index is 12.1. The van der Waals surface area contributed by atoms with Crippen molar-refractivity contribution in [3.05, 3.63) is 65.7 Å². The first-order chi connectivity index (χ1) is 11.1. The number of amides is 1. The van der Waals surface area contributed by atoms with Gasteiger partial charge in [0.05, 0.1) is 11.4 Å². The van der Waals surface area contributed by atoms with E-state index in [1.165, 1.54) is 4.31 Å². The van der Waals surface area contributed by atoms with Crippen LogP contribution in [0.2, 0.25) is 0 Å². The van der Waals surface area contributed by atoms with Gasteiger partial charge in [0.2, 0.25) is 10.0 Å². The van der Waals surface area contributed by atoms with Crippen molar-refractivity contribution in [2.45, 2.75) is 13.0 Å². The van der Waals surface area contributed by atoms with Gasteiger partial charge < -0.3 is 5.32 Å². The van der Waals surface area contributed by atoms with Gasteiger partial charge >= 0.3 is 0 Å². The maximum Gasteiger partial charge on any atom is 0.251 e. The van der Waals surface area contributed by atoms with Crippen molar-refractivity contribution in [3.63, 3.8) is 0 Å². The van der Waals surface area contributed by atoms with Gasteiger partial charge in [-0.05, 0) is 36.2 Å². The highest BCUT2D eigenvalue weighted by atomic mass is 32.2. The number of hydrogen-bond donors (Lipinski definition) is 1. The lowest BCUT2D eigenvalue weighted by atomic mass is 10.1. The smallest absolute Gasteiger partial charge is 0.251 e. The molecule has 0 aliphatic carbocycles. The van der Waals surface area contributed by atoms with E-state index in [2.05, 4.69) is 5.32 Å². The molecule has 0 aromatic heterocycles. The van der Waals surface area contributed by atoms with Crippen molar-refractivity contribution in [2.75, 3.05) is 16.6 Å². The number of benzene rings is 2. The van der Waals surface area contributed by atoms with Crippen molar-refractivity contribution >= 4 is 21.6 Å². The highest BCUT2D eigenvalue weighted by Crippen LogP contribution is 2.24. The molecule has 120 valence electrons. The van der Waals surface area contributed by atoms with Gasteiger partial charge in [0, 0.05) is 18.7 Å². The third-order valence-electron chi connectivity index (χ3n) is 3.81. The monoisotopic (exact) mass is 330 g/mol. The molecule has 0 spiro atoms. The molecule has 1 N–H and O–H groups in total. The van der Waals surface area contributed by atoms with Gasteiger partial charge in [-0.15, -0.1) is 0 Å². The molecule has 1 aliphatic rings. The molecule has 5 nitrogen and oxygen atoms in total. The summed E-state index contributed by atoms with van der Waals surface area (Å²) in [6.45, 7) is 0.962. The predicted molar refractivity (Wildman–Crippen MR) is 89.8 cm³/mol. The molecule has 3 rings (SSSR count). The number of nitrogens with zero attached hydrogens (tertiary/aromatic N) is 1. The molecule has 2 aromatic rings. The van der Waals surface area contributed by atoms with Crippen molar-refractivity contribution in [1.82, 2.24) is 5.32 Å². The lowest BCUT2D eigenvalue weighted by molar-refractivity contribution is 0.0951. The fourth-order valence-electron chi connectivity index (χ4n) is 2.59. The molecule has 0 unspecified atom stereocenters. The SMILES string of the molecule is O=C(NCc1ccccc1)c1ccc(N2CCCS2(=O)=O)cc1. The standard InChI is InChI=1S/C17H18N2O3S/c20-17(18-13-14-5-2-1-3-6-14)15-7-9-16(10-8-15)19-11-4-12-23(19,21)22/h1-3,5-10H,4,11-13H2,(H,18,20). The highest BCUT2D eigenvalue weighted by Gasteiger charge is 2.28. The summed E-state index contributed by atoms with van der Waals surface area (Å²) < 4.78 is 25.2. The van der Waals surface area contributed by atoms with Crippen LogP contribution in [0.15, 0.2) is 54.6 Å². The van der Waals surface area contributed by atoms with E-state index in [9.17, 15) is 13.2 Å². The summed E-state index contributed by atoms with van der Waals surface area (Å²) in [6, 6.07) is 16.3. The molecular weight excluding hydrogens is 312 g/mol. The molecule has 6 heteroatoms. The molecule has 1 saturated heterocycles. The third kappa shape index (κ3) is 3.53. The summed E-state index contributed by atoms with van der Waals surface area (Å²) in [4.78, 5) is 12.1. The molecule has 1 fully saturated rings. The van der Waals surface area contributed by atoms with E-state index in [0.29, 0.717) is 30.8 Å². The van der Waals surface area contributed by atoms with Crippen LogP contribution in [0.3, 0.4) is 0 Å². The minimum Gasteiger partial charge on any atom is -0.348 e. The Balaban J connectivity index is 1.66. The van der Waals surface area contributed by atoms with Gasteiger partial charge in [0.1, 0.15) is 0 Å². The van der Waals surface area contributed by atoms with E-state index in [4.69, 9.17) is 0 Å². The third-order valence-corrected chi connectivity index (χ3v) is 5.68. The predicted octanol–water partition coefficient (Wildman–Crippen LogP) is 2.16. The van der Waals surface area contributed by atoms with Crippen molar-refractivity contribution < 1.29 is 13.2 Å². The molecule has 1 heterocycles. The van der Waals surface area contributed by atoms with Crippen molar-refractivity contribution in [3.8, 4) is 0 Å². The summed E-state index contributed by atoms with van der Waals surface area (Å²) in [6.07, 6.45) is 0.641.